The quantitative estimate of drug-likeness (QED) is 0.853. The molecule has 0 atom stereocenters. The van der Waals surface area contributed by atoms with Crippen molar-refractivity contribution >= 4 is 17.6 Å². The zero-order valence-corrected chi connectivity index (χ0v) is 9.89. The van der Waals surface area contributed by atoms with Crippen LogP contribution < -0.4 is 5.32 Å². The molecule has 0 aliphatic rings. The van der Waals surface area contributed by atoms with E-state index in [0.29, 0.717) is 5.69 Å². The van der Waals surface area contributed by atoms with Crippen molar-refractivity contribution in [3.05, 3.63) is 29.0 Å². The van der Waals surface area contributed by atoms with Gasteiger partial charge in [-0.05, 0) is 6.54 Å². The Balaban J connectivity index is 0.00000144. The molecule has 0 unspecified atom stereocenters. The van der Waals surface area contributed by atoms with Crippen molar-refractivity contribution in [2.24, 2.45) is 0 Å². The summed E-state index contributed by atoms with van der Waals surface area (Å²) < 4.78 is 0. The van der Waals surface area contributed by atoms with Crippen LogP contribution in [0, 0.1) is 0 Å². The standard InChI is InChI=1S/C6H7ClN4O.Re/c7-5-4(3-11-6(8)12)9-1-2-10-5;/h1-2H,3H2,(H3,8,11,12);/p-1. The molecule has 2 amide bonds. The topological polar surface area (TPSA) is 78.7 Å². The normalized spacial score (nSPS) is 8.69. The maximum absolute atomic E-state index is 10.2. The van der Waals surface area contributed by atoms with Gasteiger partial charge in [0.1, 0.15) is 11.2 Å². The van der Waals surface area contributed by atoms with Crippen molar-refractivity contribution < 1.29 is 25.2 Å². The van der Waals surface area contributed by atoms with Gasteiger partial charge in [-0.25, -0.2) is 4.98 Å². The molecule has 0 aliphatic carbocycles. The summed E-state index contributed by atoms with van der Waals surface area (Å²) in [4.78, 5) is 17.8. The van der Waals surface area contributed by atoms with E-state index < -0.39 is 6.03 Å². The molecular weight excluding hydrogens is 366 g/mol. The molecule has 0 saturated carbocycles. The number of carbonyl (C=O) groups is 1. The molecule has 13 heavy (non-hydrogen) atoms. The van der Waals surface area contributed by atoms with Crippen LogP contribution in [0.3, 0.4) is 0 Å². The number of halogens is 1. The van der Waals surface area contributed by atoms with Crippen LogP contribution in [0.15, 0.2) is 12.4 Å². The molecule has 0 saturated heterocycles. The van der Waals surface area contributed by atoms with Gasteiger partial charge < -0.3 is 11.1 Å². The average Bonchev–Trinajstić information content (AvgIpc) is 2.03. The van der Waals surface area contributed by atoms with Crippen molar-refractivity contribution in [1.29, 1.82) is 0 Å². The summed E-state index contributed by atoms with van der Waals surface area (Å²) in [5.41, 5.74) is 7.01. The van der Waals surface area contributed by atoms with E-state index >= 15 is 0 Å². The van der Waals surface area contributed by atoms with Crippen LogP contribution in [-0.4, -0.2) is 16.0 Å². The predicted molar refractivity (Wildman–Crippen MR) is 43.6 cm³/mol. The maximum Gasteiger partial charge on any atom is 0.150 e. The Bertz CT molecular complexity index is 296. The first-order valence-corrected chi connectivity index (χ1v) is 3.53. The van der Waals surface area contributed by atoms with E-state index in [9.17, 15) is 4.79 Å². The number of rotatable bonds is 2. The van der Waals surface area contributed by atoms with E-state index in [1.807, 2.05) is 0 Å². The minimum Gasteiger partial charge on any atom is -0.447 e. The molecule has 1 radical (unpaired) electrons. The zero-order valence-electron chi connectivity index (χ0n) is 6.42. The third-order valence-electron chi connectivity index (χ3n) is 1.14. The molecule has 1 aromatic rings. The smallest absolute Gasteiger partial charge is 0.150 e. The molecule has 5 nitrogen and oxygen atoms in total. The van der Waals surface area contributed by atoms with Gasteiger partial charge in [0.2, 0.25) is 0 Å². The van der Waals surface area contributed by atoms with Crippen LogP contribution >= 0.6 is 11.6 Å². The summed E-state index contributed by atoms with van der Waals surface area (Å²) in [6, 6.07) is -0.864. The SMILES string of the molecule is [NH-]C(=O)NCc1nccnc1Cl.[Re]. The van der Waals surface area contributed by atoms with E-state index in [1.165, 1.54) is 12.4 Å². The van der Waals surface area contributed by atoms with Crippen molar-refractivity contribution in [2.75, 3.05) is 0 Å². The number of hydrogen-bond donors (Lipinski definition) is 1. The van der Waals surface area contributed by atoms with Gasteiger partial charge in [0.25, 0.3) is 0 Å². The minimum absolute atomic E-state index is 0. The van der Waals surface area contributed by atoms with Gasteiger partial charge >= 0.3 is 0 Å². The van der Waals surface area contributed by atoms with Gasteiger partial charge in [0, 0.05) is 32.8 Å². The monoisotopic (exact) mass is 372 g/mol. The molecule has 2 N–H and O–H groups in total. The van der Waals surface area contributed by atoms with Crippen molar-refractivity contribution in [1.82, 2.24) is 15.3 Å². The van der Waals surface area contributed by atoms with Gasteiger partial charge in [0.15, 0.2) is 0 Å². The summed E-state index contributed by atoms with van der Waals surface area (Å²) in [5, 5.41) is 2.49. The van der Waals surface area contributed by atoms with E-state index in [0.717, 1.165) is 0 Å². The third kappa shape index (κ3) is 4.18. The maximum atomic E-state index is 10.2. The largest absolute Gasteiger partial charge is 0.447 e. The molecule has 0 fully saturated rings. The van der Waals surface area contributed by atoms with E-state index in [1.54, 1.807) is 0 Å². The fourth-order valence-electron chi connectivity index (χ4n) is 0.632. The Morgan fingerprint density at radius 1 is 1.54 bits per heavy atom. The van der Waals surface area contributed by atoms with Crippen LogP contribution in [0.25, 0.3) is 5.73 Å². The average molecular weight is 372 g/mol. The summed E-state index contributed by atoms with van der Waals surface area (Å²) in [6.07, 6.45) is 2.92. The first-order valence-electron chi connectivity index (χ1n) is 3.15. The molecule has 1 aromatic heterocycles. The Labute approximate surface area is 93.7 Å². The summed E-state index contributed by atoms with van der Waals surface area (Å²) in [5.74, 6) is 0. The number of nitrogens with zero attached hydrogens (tertiary/aromatic N) is 2. The summed E-state index contributed by atoms with van der Waals surface area (Å²) >= 11 is 5.62. The number of amides is 2. The molecule has 0 aliphatic heterocycles. The summed E-state index contributed by atoms with van der Waals surface area (Å²) in [7, 11) is 0. The first-order chi connectivity index (χ1) is 5.70. The van der Waals surface area contributed by atoms with Crippen LogP contribution in [0.1, 0.15) is 5.69 Å². The minimum atomic E-state index is -0.864. The fraction of sp³-hybridized carbons (Fsp3) is 0.167. The van der Waals surface area contributed by atoms with Gasteiger partial charge in [-0.15, -0.1) is 0 Å². The van der Waals surface area contributed by atoms with Gasteiger partial charge in [0.05, 0.1) is 5.69 Å². The van der Waals surface area contributed by atoms with Crippen LogP contribution in [0.2, 0.25) is 5.15 Å². The Hall–Kier alpha value is -0.698. The van der Waals surface area contributed by atoms with Crippen molar-refractivity contribution in [2.45, 2.75) is 6.54 Å². The molecule has 0 aromatic carbocycles. The number of aromatic nitrogens is 2. The number of carbonyl (C=O) groups excluding carboxylic acids is 1. The second-order valence-corrected chi connectivity index (χ2v) is 2.33. The molecule has 7 heteroatoms. The Morgan fingerprint density at radius 2 is 2.15 bits per heavy atom. The number of nitrogens with one attached hydrogen (secondary N) is 2. The Kier molecular flexibility index (Phi) is 5.55. The molecular formula is C6H6ClN4ORe-. The van der Waals surface area contributed by atoms with Gasteiger partial charge in [-0.1, -0.05) is 11.6 Å². The second-order valence-electron chi connectivity index (χ2n) is 1.98. The second kappa shape index (κ2) is 5.86. The van der Waals surface area contributed by atoms with E-state index in [2.05, 4.69) is 15.3 Å². The van der Waals surface area contributed by atoms with E-state index in [-0.39, 0.29) is 32.1 Å². The zero-order chi connectivity index (χ0) is 8.97. The predicted octanol–water partition coefficient (Wildman–Crippen LogP) is 1.39. The van der Waals surface area contributed by atoms with Crippen LogP contribution in [-0.2, 0) is 27.0 Å². The van der Waals surface area contributed by atoms with Gasteiger partial charge in [-0.3, -0.25) is 9.78 Å². The molecule has 1 rings (SSSR count). The third-order valence-corrected chi connectivity index (χ3v) is 1.46. The molecule has 0 spiro atoms. The molecule has 0 bridgehead atoms. The van der Waals surface area contributed by atoms with Crippen LogP contribution in [0.4, 0.5) is 4.79 Å². The van der Waals surface area contributed by atoms with E-state index in [4.69, 9.17) is 17.3 Å². The van der Waals surface area contributed by atoms with Crippen molar-refractivity contribution in [3.63, 3.8) is 0 Å². The number of hydrogen-bond acceptors (Lipinski definition) is 3. The van der Waals surface area contributed by atoms with Crippen molar-refractivity contribution in [3.8, 4) is 0 Å². The number of urea groups is 1. The first kappa shape index (κ1) is 12.3. The molecule has 71 valence electrons. The van der Waals surface area contributed by atoms with Crippen LogP contribution in [0.5, 0.6) is 0 Å². The summed E-state index contributed by atoms with van der Waals surface area (Å²) in [6.45, 7) is 0.134. The van der Waals surface area contributed by atoms with Gasteiger partial charge in [-0.2, -0.15) is 0 Å². The molecule has 1 heterocycles. The fourth-order valence-corrected chi connectivity index (χ4v) is 0.804. The Morgan fingerprint density at radius 3 is 2.69 bits per heavy atom.